The number of nitrogens with zero attached hydrogens (tertiary/aromatic N) is 1. The van der Waals surface area contributed by atoms with Crippen LogP contribution in [0.15, 0.2) is 23.1 Å². The van der Waals surface area contributed by atoms with Crippen LogP contribution in [0.5, 0.6) is 5.75 Å². The maximum Gasteiger partial charge on any atom is 0.246 e. The highest BCUT2D eigenvalue weighted by Gasteiger charge is 2.35. The highest BCUT2D eigenvalue weighted by Crippen LogP contribution is 2.32. The van der Waals surface area contributed by atoms with Gasteiger partial charge in [-0.2, -0.15) is 4.31 Å². The molecule has 0 bridgehead atoms. The molecule has 1 saturated carbocycles. The Hall–Kier alpha value is -1.31. The number of nitrogens with two attached hydrogens (primary N) is 1. The van der Waals surface area contributed by atoms with Gasteiger partial charge < -0.3 is 15.6 Å². The predicted octanol–water partition coefficient (Wildman–Crippen LogP) is 1.20. The summed E-state index contributed by atoms with van der Waals surface area (Å²) in [5.41, 5.74) is 6.10. The van der Waals surface area contributed by atoms with E-state index in [2.05, 4.69) is 0 Å². The fourth-order valence-corrected chi connectivity index (χ4v) is 4.30. The molecular formula is C14H22N2O4S. The fourth-order valence-electron chi connectivity index (χ4n) is 2.75. The van der Waals surface area contributed by atoms with Crippen LogP contribution in [0.2, 0.25) is 0 Å². The molecule has 0 saturated heterocycles. The molecule has 2 rings (SSSR count). The molecule has 118 valence electrons. The van der Waals surface area contributed by atoms with E-state index >= 15 is 0 Å². The first kappa shape index (κ1) is 16.1. The molecule has 2 atom stereocenters. The van der Waals surface area contributed by atoms with Crippen LogP contribution in [0, 0.1) is 0 Å². The molecule has 3 N–H and O–H groups in total. The van der Waals surface area contributed by atoms with Gasteiger partial charge in [0.2, 0.25) is 10.0 Å². The summed E-state index contributed by atoms with van der Waals surface area (Å²) in [5, 5.41) is 10.1. The van der Waals surface area contributed by atoms with Gasteiger partial charge in [0, 0.05) is 18.8 Å². The number of likely N-dealkylation sites (N-methyl/N-ethyl adjacent to an activating group) is 1. The Morgan fingerprint density at radius 3 is 2.62 bits per heavy atom. The molecule has 2 unspecified atom stereocenters. The normalized spacial score (nSPS) is 23.2. The zero-order valence-electron chi connectivity index (χ0n) is 12.3. The van der Waals surface area contributed by atoms with Gasteiger partial charge in [-0.1, -0.05) is 12.8 Å². The van der Waals surface area contributed by atoms with Crippen molar-refractivity contribution < 1.29 is 18.3 Å². The first-order valence-electron chi connectivity index (χ1n) is 6.97. The maximum absolute atomic E-state index is 12.8. The second kappa shape index (κ2) is 6.21. The number of nitrogen functional groups attached to an aromatic ring is 1. The summed E-state index contributed by atoms with van der Waals surface area (Å²) >= 11 is 0. The molecule has 1 aliphatic rings. The van der Waals surface area contributed by atoms with Gasteiger partial charge in [-0.05, 0) is 25.0 Å². The summed E-state index contributed by atoms with van der Waals surface area (Å²) in [6.07, 6.45) is 2.51. The maximum atomic E-state index is 12.8. The highest BCUT2D eigenvalue weighted by atomic mass is 32.2. The van der Waals surface area contributed by atoms with Crippen LogP contribution in [-0.4, -0.2) is 44.1 Å². The number of hydrogen-bond donors (Lipinski definition) is 2. The largest absolute Gasteiger partial charge is 0.495 e. The van der Waals surface area contributed by atoms with Gasteiger partial charge in [0.25, 0.3) is 0 Å². The third kappa shape index (κ3) is 3.14. The standard InChI is InChI=1S/C14H22N2O4S/c1-16(11-5-3-4-6-12(11)17)21(18,19)14-8-7-10(15)9-13(14)20-2/h7-9,11-12,17H,3-6,15H2,1-2H3. The summed E-state index contributed by atoms with van der Waals surface area (Å²) in [6.45, 7) is 0. The zero-order valence-corrected chi connectivity index (χ0v) is 13.1. The molecule has 0 heterocycles. The van der Waals surface area contributed by atoms with E-state index in [0.717, 1.165) is 12.8 Å². The molecule has 0 aromatic heterocycles. The van der Waals surface area contributed by atoms with Gasteiger partial charge in [0.15, 0.2) is 0 Å². The summed E-state index contributed by atoms with van der Waals surface area (Å²) < 4.78 is 31.9. The molecule has 1 fully saturated rings. The number of anilines is 1. The summed E-state index contributed by atoms with van der Waals surface area (Å²) in [7, 11) is -0.828. The van der Waals surface area contributed by atoms with Crippen molar-refractivity contribution in [3.05, 3.63) is 18.2 Å². The molecule has 1 aliphatic carbocycles. The lowest BCUT2D eigenvalue weighted by molar-refractivity contribution is 0.0637. The quantitative estimate of drug-likeness (QED) is 0.815. The van der Waals surface area contributed by atoms with Crippen molar-refractivity contribution in [1.29, 1.82) is 0 Å². The van der Waals surface area contributed by atoms with Crippen molar-refractivity contribution in [3.8, 4) is 5.75 Å². The lowest BCUT2D eigenvalue weighted by Crippen LogP contribution is -2.46. The number of methoxy groups -OCH3 is 1. The number of sulfonamides is 1. The smallest absolute Gasteiger partial charge is 0.246 e. The van der Waals surface area contributed by atoms with E-state index in [1.54, 1.807) is 0 Å². The van der Waals surface area contributed by atoms with E-state index in [-0.39, 0.29) is 10.6 Å². The van der Waals surface area contributed by atoms with E-state index in [0.29, 0.717) is 18.5 Å². The molecule has 1 aromatic rings. The fraction of sp³-hybridized carbons (Fsp3) is 0.571. The van der Waals surface area contributed by atoms with E-state index in [1.807, 2.05) is 0 Å². The Bertz CT molecular complexity index is 603. The van der Waals surface area contributed by atoms with Crippen molar-refractivity contribution in [2.45, 2.75) is 42.7 Å². The molecule has 0 aliphatic heterocycles. The number of aliphatic hydroxyl groups is 1. The average Bonchev–Trinajstić information content (AvgIpc) is 2.46. The van der Waals surface area contributed by atoms with Crippen molar-refractivity contribution in [2.75, 3.05) is 19.9 Å². The molecular weight excluding hydrogens is 292 g/mol. The minimum atomic E-state index is -3.74. The van der Waals surface area contributed by atoms with Gasteiger partial charge in [-0.25, -0.2) is 8.42 Å². The molecule has 0 amide bonds. The van der Waals surface area contributed by atoms with E-state index in [9.17, 15) is 13.5 Å². The number of aliphatic hydroxyl groups excluding tert-OH is 1. The third-order valence-electron chi connectivity index (χ3n) is 4.01. The van der Waals surface area contributed by atoms with Gasteiger partial charge in [0.05, 0.1) is 19.3 Å². The average molecular weight is 314 g/mol. The lowest BCUT2D eigenvalue weighted by atomic mass is 9.93. The van der Waals surface area contributed by atoms with E-state index < -0.39 is 22.2 Å². The lowest BCUT2D eigenvalue weighted by Gasteiger charge is -2.34. The molecule has 7 heteroatoms. The van der Waals surface area contributed by atoms with Crippen molar-refractivity contribution in [2.24, 2.45) is 0 Å². The minimum Gasteiger partial charge on any atom is -0.495 e. The second-order valence-corrected chi connectivity index (χ2v) is 7.32. The monoisotopic (exact) mass is 314 g/mol. The highest BCUT2D eigenvalue weighted by molar-refractivity contribution is 7.89. The Morgan fingerprint density at radius 1 is 1.33 bits per heavy atom. The van der Waals surface area contributed by atoms with E-state index in [1.165, 1.54) is 36.7 Å². The Morgan fingerprint density at radius 2 is 2.00 bits per heavy atom. The number of hydrogen-bond acceptors (Lipinski definition) is 5. The van der Waals surface area contributed by atoms with Crippen molar-refractivity contribution >= 4 is 15.7 Å². The Balaban J connectivity index is 2.37. The van der Waals surface area contributed by atoms with Crippen molar-refractivity contribution in [1.82, 2.24) is 4.31 Å². The molecule has 0 spiro atoms. The van der Waals surface area contributed by atoms with Crippen LogP contribution in [0.3, 0.4) is 0 Å². The van der Waals surface area contributed by atoms with Crippen LogP contribution in [0.1, 0.15) is 25.7 Å². The topological polar surface area (TPSA) is 92.9 Å². The minimum absolute atomic E-state index is 0.0690. The summed E-state index contributed by atoms with van der Waals surface area (Å²) in [4.78, 5) is 0.0690. The molecule has 0 radical (unpaired) electrons. The molecule has 6 nitrogen and oxygen atoms in total. The van der Waals surface area contributed by atoms with E-state index in [4.69, 9.17) is 10.5 Å². The predicted molar refractivity (Wildman–Crippen MR) is 80.6 cm³/mol. The van der Waals surface area contributed by atoms with Crippen LogP contribution in [0.4, 0.5) is 5.69 Å². The van der Waals surface area contributed by atoms with Gasteiger partial charge in [0.1, 0.15) is 10.6 Å². The summed E-state index contributed by atoms with van der Waals surface area (Å²) in [5.74, 6) is 0.215. The first-order chi connectivity index (χ1) is 9.87. The van der Waals surface area contributed by atoms with Crippen LogP contribution >= 0.6 is 0 Å². The number of rotatable bonds is 4. The SMILES string of the molecule is COc1cc(N)ccc1S(=O)(=O)N(C)C1CCCCC1O. The molecule has 21 heavy (non-hydrogen) atoms. The summed E-state index contributed by atoms with van der Waals surface area (Å²) in [6, 6.07) is 4.05. The van der Waals surface area contributed by atoms with Crippen molar-refractivity contribution in [3.63, 3.8) is 0 Å². The number of benzene rings is 1. The Labute approximate surface area is 125 Å². The second-order valence-electron chi connectivity index (χ2n) is 5.35. The van der Waals surface area contributed by atoms with Gasteiger partial charge in [-0.15, -0.1) is 0 Å². The number of ether oxygens (including phenoxy) is 1. The van der Waals surface area contributed by atoms with Gasteiger partial charge >= 0.3 is 0 Å². The van der Waals surface area contributed by atoms with Crippen LogP contribution < -0.4 is 10.5 Å². The third-order valence-corrected chi connectivity index (χ3v) is 5.93. The van der Waals surface area contributed by atoms with Gasteiger partial charge in [-0.3, -0.25) is 0 Å². The molecule has 1 aromatic carbocycles. The van der Waals surface area contributed by atoms with Crippen LogP contribution in [0.25, 0.3) is 0 Å². The van der Waals surface area contributed by atoms with Crippen LogP contribution in [-0.2, 0) is 10.0 Å². The Kier molecular flexibility index (Phi) is 4.75. The first-order valence-corrected chi connectivity index (χ1v) is 8.41. The zero-order chi connectivity index (χ0) is 15.6.